The first-order valence-electron chi connectivity index (χ1n) is 8.65. The first-order valence-corrected chi connectivity index (χ1v) is 8.65. The number of ether oxygens (including phenoxy) is 2. The molecule has 26 heavy (non-hydrogen) atoms. The number of hydrogen-bond donors (Lipinski definition) is 0. The van der Waals surface area contributed by atoms with Gasteiger partial charge in [0.1, 0.15) is 17.2 Å². The van der Waals surface area contributed by atoms with Crippen LogP contribution in [0.15, 0.2) is 84.9 Å². The molecule has 4 aromatic carbocycles. The van der Waals surface area contributed by atoms with Crippen molar-refractivity contribution in [2.75, 3.05) is 7.11 Å². The molecule has 0 bridgehead atoms. The molecule has 4 rings (SSSR count). The Kier molecular flexibility index (Phi) is 4.32. The zero-order chi connectivity index (χ0) is 17.9. The van der Waals surface area contributed by atoms with Gasteiger partial charge in [-0.1, -0.05) is 66.2 Å². The van der Waals surface area contributed by atoms with Crippen LogP contribution in [0.3, 0.4) is 0 Å². The van der Waals surface area contributed by atoms with Gasteiger partial charge >= 0.3 is 0 Å². The average molecular weight is 340 g/mol. The lowest BCUT2D eigenvalue weighted by molar-refractivity contribution is 0.418. The molecule has 0 radical (unpaired) electrons. The fourth-order valence-electron chi connectivity index (χ4n) is 3.10. The average Bonchev–Trinajstić information content (AvgIpc) is 2.69. The standard InChI is InChI=1S/C24H20O2/c1-17-7-9-18(10-8-17)19-11-13-20(14-12-19)26-24-16-15-23(25-2)21-5-3-4-6-22(21)24/h3-16H,1-2H3. The molecule has 0 saturated heterocycles. The molecule has 4 aromatic rings. The molecule has 0 aromatic heterocycles. The van der Waals surface area contributed by atoms with Crippen molar-refractivity contribution in [1.29, 1.82) is 0 Å². The van der Waals surface area contributed by atoms with Crippen LogP contribution in [0.2, 0.25) is 0 Å². The van der Waals surface area contributed by atoms with Crippen molar-refractivity contribution in [3.8, 4) is 28.4 Å². The normalized spacial score (nSPS) is 10.7. The highest BCUT2D eigenvalue weighted by Crippen LogP contribution is 2.35. The van der Waals surface area contributed by atoms with Crippen molar-refractivity contribution < 1.29 is 9.47 Å². The molecule has 0 aliphatic rings. The van der Waals surface area contributed by atoms with Crippen LogP contribution in [-0.2, 0) is 0 Å². The second kappa shape index (κ2) is 6.93. The predicted octanol–water partition coefficient (Wildman–Crippen LogP) is 6.62. The molecule has 128 valence electrons. The van der Waals surface area contributed by atoms with Gasteiger partial charge in [0.15, 0.2) is 0 Å². The van der Waals surface area contributed by atoms with E-state index in [1.165, 1.54) is 16.7 Å². The number of rotatable bonds is 4. The summed E-state index contributed by atoms with van der Waals surface area (Å²) in [5, 5.41) is 2.08. The van der Waals surface area contributed by atoms with Crippen LogP contribution in [0.4, 0.5) is 0 Å². The molecule has 0 saturated carbocycles. The summed E-state index contributed by atoms with van der Waals surface area (Å²) >= 11 is 0. The Morgan fingerprint density at radius 1 is 0.577 bits per heavy atom. The van der Waals surface area contributed by atoms with Crippen molar-refractivity contribution >= 4 is 10.8 Å². The third kappa shape index (κ3) is 3.14. The molecule has 2 heteroatoms. The van der Waals surface area contributed by atoms with Crippen molar-refractivity contribution in [3.63, 3.8) is 0 Å². The summed E-state index contributed by atoms with van der Waals surface area (Å²) in [6.45, 7) is 2.10. The van der Waals surface area contributed by atoms with Crippen LogP contribution >= 0.6 is 0 Å². The van der Waals surface area contributed by atoms with Crippen molar-refractivity contribution in [2.45, 2.75) is 6.92 Å². The summed E-state index contributed by atoms with van der Waals surface area (Å²) in [4.78, 5) is 0. The Labute approximate surface area is 153 Å². The van der Waals surface area contributed by atoms with E-state index >= 15 is 0 Å². The number of fused-ring (bicyclic) bond motifs is 1. The highest BCUT2D eigenvalue weighted by atomic mass is 16.5. The number of hydrogen-bond acceptors (Lipinski definition) is 2. The Balaban J connectivity index is 1.64. The van der Waals surface area contributed by atoms with Crippen molar-refractivity contribution in [1.82, 2.24) is 0 Å². The highest BCUT2D eigenvalue weighted by molar-refractivity contribution is 5.93. The topological polar surface area (TPSA) is 18.5 Å². The molecule has 0 atom stereocenters. The fourth-order valence-corrected chi connectivity index (χ4v) is 3.10. The Bertz CT molecular complexity index is 1030. The Morgan fingerprint density at radius 2 is 1.12 bits per heavy atom. The quantitative estimate of drug-likeness (QED) is 0.416. The molecule has 0 aliphatic heterocycles. The van der Waals surface area contributed by atoms with Gasteiger partial charge in [-0.15, -0.1) is 0 Å². The van der Waals surface area contributed by atoms with E-state index in [1.54, 1.807) is 7.11 Å². The fraction of sp³-hybridized carbons (Fsp3) is 0.0833. The van der Waals surface area contributed by atoms with Crippen LogP contribution in [0.25, 0.3) is 21.9 Å². The first-order chi connectivity index (χ1) is 12.7. The zero-order valence-electron chi connectivity index (χ0n) is 14.9. The number of benzene rings is 4. The van der Waals surface area contributed by atoms with Gasteiger partial charge < -0.3 is 9.47 Å². The molecular formula is C24H20O2. The van der Waals surface area contributed by atoms with E-state index in [0.29, 0.717) is 0 Å². The van der Waals surface area contributed by atoms with E-state index in [9.17, 15) is 0 Å². The minimum absolute atomic E-state index is 0.816. The molecule has 0 aliphatic carbocycles. The summed E-state index contributed by atoms with van der Waals surface area (Å²) in [6, 6.07) is 28.7. The predicted molar refractivity (Wildman–Crippen MR) is 107 cm³/mol. The minimum Gasteiger partial charge on any atom is -0.496 e. The van der Waals surface area contributed by atoms with Gasteiger partial charge in [-0.25, -0.2) is 0 Å². The van der Waals surface area contributed by atoms with Gasteiger partial charge in [-0.2, -0.15) is 0 Å². The monoisotopic (exact) mass is 340 g/mol. The van der Waals surface area contributed by atoms with E-state index < -0.39 is 0 Å². The van der Waals surface area contributed by atoms with Crippen molar-refractivity contribution in [2.24, 2.45) is 0 Å². The maximum absolute atomic E-state index is 6.15. The maximum atomic E-state index is 6.15. The van der Waals surface area contributed by atoms with Gasteiger partial charge in [0.05, 0.1) is 7.11 Å². The number of aryl methyl sites for hydroxylation is 1. The van der Waals surface area contributed by atoms with Crippen LogP contribution < -0.4 is 9.47 Å². The summed E-state index contributed by atoms with van der Waals surface area (Å²) < 4.78 is 11.6. The first kappa shape index (κ1) is 16.2. The van der Waals surface area contributed by atoms with E-state index in [2.05, 4.69) is 43.3 Å². The van der Waals surface area contributed by atoms with E-state index in [0.717, 1.165) is 28.0 Å². The Morgan fingerprint density at radius 3 is 1.73 bits per heavy atom. The van der Waals surface area contributed by atoms with Gasteiger partial charge in [0, 0.05) is 10.8 Å². The van der Waals surface area contributed by atoms with Gasteiger partial charge in [-0.3, -0.25) is 0 Å². The lowest BCUT2D eigenvalue weighted by Crippen LogP contribution is -1.89. The van der Waals surface area contributed by atoms with E-state index in [1.807, 2.05) is 48.5 Å². The van der Waals surface area contributed by atoms with Crippen LogP contribution in [0.5, 0.6) is 17.2 Å². The molecule has 0 N–H and O–H groups in total. The van der Waals surface area contributed by atoms with Crippen LogP contribution in [0.1, 0.15) is 5.56 Å². The second-order valence-corrected chi connectivity index (χ2v) is 6.30. The third-order valence-electron chi connectivity index (χ3n) is 4.53. The van der Waals surface area contributed by atoms with Gasteiger partial charge in [0.25, 0.3) is 0 Å². The molecular weight excluding hydrogens is 320 g/mol. The summed E-state index contributed by atoms with van der Waals surface area (Å²) in [6.07, 6.45) is 0. The lowest BCUT2D eigenvalue weighted by Gasteiger charge is -2.12. The second-order valence-electron chi connectivity index (χ2n) is 6.30. The molecule has 0 fully saturated rings. The summed E-state index contributed by atoms with van der Waals surface area (Å²) in [7, 11) is 1.69. The SMILES string of the molecule is COc1ccc(Oc2ccc(-c3ccc(C)cc3)cc2)c2ccccc12. The summed E-state index contributed by atoms with van der Waals surface area (Å²) in [5.41, 5.74) is 3.65. The molecule has 0 amide bonds. The largest absolute Gasteiger partial charge is 0.496 e. The molecule has 2 nitrogen and oxygen atoms in total. The van der Waals surface area contributed by atoms with Gasteiger partial charge in [-0.05, 0) is 42.3 Å². The maximum Gasteiger partial charge on any atom is 0.135 e. The summed E-state index contributed by atoms with van der Waals surface area (Å²) in [5.74, 6) is 2.49. The molecule has 0 heterocycles. The Hall–Kier alpha value is -3.26. The smallest absolute Gasteiger partial charge is 0.135 e. The number of methoxy groups -OCH3 is 1. The molecule has 0 unspecified atom stereocenters. The highest BCUT2D eigenvalue weighted by Gasteiger charge is 2.08. The lowest BCUT2D eigenvalue weighted by atomic mass is 10.0. The minimum atomic E-state index is 0.816. The van der Waals surface area contributed by atoms with Crippen molar-refractivity contribution in [3.05, 3.63) is 90.5 Å². The van der Waals surface area contributed by atoms with Crippen LogP contribution in [0, 0.1) is 6.92 Å². The van der Waals surface area contributed by atoms with Gasteiger partial charge in [0.2, 0.25) is 0 Å². The van der Waals surface area contributed by atoms with Crippen LogP contribution in [-0.4, -0.2) is 7.11 Å². The van der Waals surface area contributed by atoms with E-state index in [4.69, 9.17) is 9.47 Å². The zero-order valence-corrected chi connectivity index (χ0v) is 14.9. The third-order valence-corrected chi connectivity index (χ3v) is 4.53. The molecule has 0 spiro atoms. The van der Waals surface area contributed by atoms with E-state index in [-0.39, 0.29) is 0 Å².